The zero-order chi connectivity index (χ0) is 13.0. The minimum Gasteiger partial charge on any atom is -0.459 e. The summed E-state index contributed by atoms with van der Waals surface area (Å²) in [6, 6.07) is 5.07. The van der Waals surface area contributed by atoms with Gasteiger partial charge in [0.15, 0.2) is 0 Å². The third kappa shape index (κ3) is 1.90. The molecule has 1 atom stereocenters. The van der Waals surface area contributed by atoms with Gasteiger partial charge in [0.25, 0.3) is 6.02 Å². The summed E-state index contributed by atoms with van der Waals surface area (Å²) in [4.78, 5) is 4.33. The molecule has 0 aromatic heterocycles. The summed E-state index contributed by atoms with van der Waals surface area (Å²) in [5.41, 5.74) is 5.45. The number of hydrogen-bond acceptors (Lipinski definition) is 3. The van der Waals surface area contributed by atoms with Gasteiger partial charge in [-0.15, -0.1) is 0 Å². The van der Waals surface area contributed by atoms with Gasteiger partial charge in [0.2, 0.25) is 0 Å². The Morgan fingerprint density at radius 3 is 2.83 bits per heavy atom. The van der Waals surface area contributed by atoms with Crippen LogP contribution in [0, 0.1) is 5.82 Å². The molecule has 2 N–H and O–H groups in total. The number of nitrogens with zero attached hydrogens (tertiary/aromatic N) is 1. The summed E-state index contributed by atoms with van der Waals surface area (Å²) in [6.07, 6.45) is 2.61. The topological polar surface area (TPSA) is 47.6 Å². The lowest BCUT2D eigenvalue weighted by molar-refractivity contribution is 0.0962. The molecule has 0 saturated heterocycles. The molecule has 1 aromatic carbocycles. The molecule has 2 aliphatic rings. The number of ether oxygens (including phenoxy) is 1. The fourth-order valence-corrected chi connectivity index (χ4v) is 3.04. The van der Waals surface area contributed by atoms with E-state index in [-0.39, 0.29) is 17.4 Å². The third-order valence-corrected chi connectivity index (χ3v) is 4.15. The Labute approximate surface area is 113 Å². The molecule has 1 heterocycles. The van der Waals surface area contributed by atoms with Crippen LogP contribution in [0.3, 0.4) is 0 Å². The number of rotatable bonds is 1. The van der Waals surface area contributed by atoms with E-state index in [1.54, 1.807) is 12.1 Å². The predicted octanol–water partition coefficient (Wildman–Crippen LogP) is 3.07. The van der Waals surface area contributed by atoms with E-state index >= 15 is 0 Å². The summed E-state index contributed by atoms with van der Waals surface area (Å²) in [6.45, 7) is 1.91. The van der Waals surface area contributed by atoms with Crippen LogP contribution < -0.4 is 5.73 Å². The Hall–Kier alpha value is -1.10. The van der Waals surface area contributed by atoms with Crippen molar-refractivity contribution in [3.05, 3.63) is 34.1 Å². The van der Waals surface area contributed by atoms with E-state index in [4.69, 9.17) is 10.5 Å². The summed E-state index contributed by atoms with van der Waals surface area (Å²) >= 11 is 3.37. The molecule has 3 nitrogen and oxygen atoms in total. The number of aliphatic imine (C=N–C) groups is 1. The molecule has 1 aliphatic carbocycles. The second-order valence-electron chi connectivity index (χ2n) is 5.31. The van der Waals surface area contributed by atoms with Crippen LogP contribution in [0.4, 0.5) is 4.39 Å². The van der Waals surface area contributed by atoms with Gasteiger partial charge in [-0.05, 0) is 38.0 Å². The highest BCUT2D eigenvalue weighted by Crippen LogP contribution is 2.52. The maximum Gasteiger partial charge on any atom is 0.283 e. The molecule has 1 aliphatic heterocycles. The van der Waals surface area contributed by atoms with Gasteiger partial charge in [0.05, 0.1) is 5.54 Å². The molecule has 3 rings (SSSR count). The maximum atomic E-state index is 14.0. The van der Waals surface area contributed by atoms with Crippen LogP contribution in [-0.4, -0.2) is 11.6 Å². The van der Waals surface area contributed by atoms with Gasteiger partial charge < -0.3 is 10.5 Å². The number of hydrogen-bond donors (Lipinski definition) is 1. The van der Waals surface area contributed by atoms with Crippen molar-refractivity contribution < 1.29 is 9.13 Å². The van der Waals surface area contributed by atoms with Crippen molar-refractivity contribution in [3.8, 4) is 0 Å². The molecule has 1 aromatic rings. The Kier molecular flexibility index (Phi) is 2.46. The average molecular weight is 313 g/mol. The van der Waals surface area contributed by atoms with Crippen molar-refractivity contribution in [1.29, 1.82) is 0 Å². The fourth-order valence-electron chi connectivity index (χ4n) is 2.67. The summed E-state index contributed by atoms with van der Waals surface area (Å²) in [5.74, 6) is -0.255. The van der Waals surface area contributed by atoms with Crippen LogP contribution in [0.25, 0.3) is 0 Å². The predicted molar refractivity (Wildman–Crippen MR) is 70.7 cm³/mol. The molecule has 0 bridgehead atoms. The quantitative estimate of drug-likeness (QED) is 0.866. The average Bonchev–Trinajstić information content (AvgIpc) is 2.99. The lowest BCUT2D eigenvalue weighted by Crippen LogP contribution is -2.40. The minimum absolute atomic E-state index is 0.167. The van der Waals surface area contributed by atoms with Gasteiger partial charge in [-0.25, -0.2) is 9.38 Å². The van der Waals surface area contributed by atoms with Crippen LogP contribution in [0.5, 0.6) is 0 Å². The van der Waals surface area contributed by atoms with E-state index in [9.17, 15) is 4.39 Å². The molecular weight excluding hydrogens is 299 g/mol. The number of benzene rings is 1. The first kappa shape index (κ1) is 12.0. The van der Waals surface area contributed by atoms with Crippen molar-refractivity contribution in [3.63, 3.8) is 0 Å². The largest absolute Gasteiger partial charge is 0.459 e. The highest BCUT2D eigenvalue weighted by Gasteiger charge is 2.54. The summed E-state index contributed by atoms with van der Waals surface area (Å²) < 4.78 is 20.4. The van der Waals surface area contributed by atoms with Gasteiger partial charge in [-0.3, -0.25) is 0 Å². The smallest absolute Gasteiger partial charge is 0.283 e. The lowest BCUT2D eigenvalue weighted by Gasteiger charge is -2.35. The molecular formula is C13H14BrFN2O. The van der Waals surface area contributed by atoms with E-state index in [1.165, 1.54) is 6.07 Å². The minimum atomic E-state index is -0.646. The summed E-state index contributed by atoms with van der Waals surface area (Å²) in [7, 11) is 0. The molecule has 1 spiro atoms. The number of halogens is 2. The van der Waals surface area contributed by atoms with E-state index in [1.807, 2.05) is 6.92 Å². The molecule has 0 radical (unpaired) electrons. The SMILES string of the molecule is CC1(c2cc(Br)ccc2F)CC2(CC2)OC(N)=N1. The normalized spacial score (nSPS) is 28.7. The first-order valence-corrected chi connectivity index (χ1v) is 6.72. The van der Waals surface area contributed by atoms with Crippen molar-refractivity contribution in [1.82, 2.24) is 0 Å². The highest BCUT2D eigenvalue weighted by atomic mass is 79.9. The molecule has 1 unspecified atom stereocenters. The highest BCUT2D eigenvalue weighted by molar-refractivity contribution is 9.10. The van der Waals surface area contributed by atoms with E-state index < -0.39 is 5.54 Å². The van der Waals surface area contributed by atoms with Gasteiger partial charge in [-0.1, -0.05) is 15.9 Å². The van der Waals surface area contributed by atoms with Crippen LogP contribution in [0.2, 0.25) is 0 Å². The van der Waals surface area contributed by atoms with Gasteiger partial charge in [-0.2, -0.15) is 0 Å². The number of nitrogens with two attached hydrogens (primary N) is 1. The zero-order valence-electron chi connectivity index (χ0n) is 10.0. The van der Waals surface area contributed by atoms with Crippen molar-refractivity contribution in [2.45, 2.75) is 37.3 Å². The second kappa shape index (κ2) is 3.70. The van der Waals surface area contributed by atoms with E-state index in [0.717, 1.165) is 17.3 Å². The molecule has 0 amide bonds. The molecule has 18 heavy (non-hydrogen) atoms. The maximum absolute atomic E-state index is 14.0. The first-order valence-electron chi connectivity index (χ1n) is 5.92. The van der Waals surface area contributed by atoms with E-state index in [2.05, 4.69) is 20.9 Å². The van der Waals surface area contributed by atoms with Gasteiger partial charge >= 0.3 is 0 Å². The second-order valence-corrected chi connectivity index (χ2v) is 6.23. The first-order chi connectivity index (χ1) is 8.42. The Bertz CT molecular complexity index is 542. The standard InChI is InChI=1S/C13H14BrFN2O/c1-12(9-6-8(14)2-3-10(9)15)7-13(4-5-13)18-11(16)17-12/h2-3,6H,4-5,7H2,1H3,(H2,16,17). The Morgan fingerprint density at radius 2 is 2.17 bits per heavy atom. The van der Waals surface area contributed by atoms with Crippen LogP contribution in [-0.2, 0) is 10.3 Å². The van der Waals surface area contributed by atoms with Crippen LogP contribution in [0.1, 0.15) is 31.7 Å². The Morgan fingerprint density at radius 1 is 1.44 bits per heavy atom. The molecule has 1 saturated carbocycles. The van der Waals surface area contributed by atoms with Gasteiger partial charge in [0.1, 0.15) is 11.4 Å². The van der Waals surface area contributed by atoms with Crippen LogP contribution >= 0.6 is 15.9 Å². The number of amidine groups is 1. The monoisotopic (exact) mass is 312 g/mol. The Balaban J connectivity index is 2.08. The van der Waals surface area contributed by atoms with Crippen LogP contribution in [0.15, 0.2) is 27.7 Å². The molecule has 5 heteroatoms. The molecule has 1 fully saturated rings. The fraction of sp³-hybridized carbons (Fsp3) is 0.462. The van der Waals surface area contributed by atoms with Crippen molar-refractivity contribution >= 4 is 22.0 Å². The molecule has 96 valence electrons. The van der Waals surface area contributed by atoms with E-state index in [0.29, 0.717) is 12.0 Å². The zero-order valence-corrected chi connectivity index (χ0v) is 11.6. The van der Waals surface area contributed by atoms with Crippen molar-refractivity contribution in [2.75, 3.05) is 0 Å². The lowest BCUT2D eigenvalue weighted by atomic mass is 9.85. The van der Waals surface area contributed by atoms with Crippen molar-refractivity contribution in [2.24, 2.45) is 10.7 Å². The summed E-state index contributed by atoms with van der Waals surface area (Å²) in [5, 5.41) is 0. The van der Waals surface area contributed by atoms with Gasteiger partial charge in [0, 0.05) is 16.5 Å². The third-order valence-electron chi connectivity index (χ3n) is 3.66.